The molecule has 0 bridgehead atoms. The summed E-state index contributed by atoms with van der Waals surface area (Å²) < 4.78 is 34.3. The van der Waals surface area contributed by atoms with Crippen molar-refractivity contribution in [3.8, 4) is 11.5 Å². The predicted octanol–water partition coefficient (Wildman–Crippen LogP) is 3.45. The third-order valence-corrected chi connectivity index (χ3v) is 3.63. The minimum absolute atomic E-state index is 0.102. The number of nitrogens with one attached hydrogen (secondary N) is 2. The number of carbonyl (C=O) groups excluding carboxylic acids is 2. The third kappa shape index (κ3) is 6.39. The average molecular weight is 390 g/mol. The second kappa shape index (κ2) is 10.1. The van der Waals surface area contributed by atoms with Crippen molar-refractivity contribution < 1.29 is 27.8 Å². The highest BCUT2D eigenvalue weighted by atomic mass is 19.3. The van der Waals surface area contributed by atoms with Crippen LogP contribution in [0.4, 0.5) is 14.5 Å². The van der Waals surface area contributed by atoms with E-state index in [-0.39, 0.29) is 17.2 Å². The second-order valence-corrected chi connectivity index (χ2v) is 5.71. The van der Waals surface area contributed by atoms with Crippen LogP contribution >= 0.6 is 0 Å². The van der Waals surface area contributed by atoms with Gasteiger partial charge in [0.05, 0.1) is 7.11 Å². The van der Waals surface area contributed by atoms with Crippen molar-refractivity contribution in [2.24, 2.45) is 0 Å². The zero-order chi connectivity index (χ0) is 20.5. The van der Waals surface area contributed by atoms with Crippen LogP contribution in [0.3, 0.4) is 0 Å². The summed E-state index contributed by atoms with van der Waals surface area (Å²) in [5.41, 5.74) is 1.07. The van der Waals surface area contributed by atoms with Crippen molar-refractivity contribution in [1.82, 2.24) is 5.32 Å². The first-order valence-electron chi connectivity index (χ1n) is 8.36. The Morgan fingerprint density at radius 2 is 1.79 bits per heavy atom. The van der Waals surface area contributed by atoms with Crippen LogP contribution in [-0.2, 0) is 9.59 Å². The maximum Gasteiger partial charge on any atom is 0.387 e. The van der Waals surface area contributed by atoms with Gasteiger partial charge in [-0.05, 0) is 30.7 Å². The fourth-order valence-electron chi connectivity index (χ4n) is 2.26. The molecule has 0 heterocycles. The highest BCUT2D eigenvalue weighted by molar-refractivity contribution is 5.99. The van der Waals surface area contributed by atoms with Gasteiger partial charge in [0.1, 0.15) is 6.04 Å². The molecule has 0 spiro atoms. The van der Waals surface area contributed by atoms with Crippen LogP contribution in [0.5, 0.6) is 11.5 Å². The fraction of sp³-hybridized carbons (Fsp3) is 0.200. The Morgan fingerprint density at radius 1 is 1.07 bits per heavy atom. The van der Waals surface area contributed by atoms with Crippen molar-refractivity contribution in [1.29, 1.82) is 0 Å². The number of amides is 2. The zero-order valence-corrected chi connectivity index (χ0v) is 15.3. The molecule has 28 heavy (non-hydrogen) atoms. The number of methoxy groups -OCH3 is 1. The van der Waals surface area contributed by atoms with Gasteiger partial charge in [-0.1, -0.05) is 30.3 Å². The lowest BCUT2D eigenvalue weighted by Gasteiger charge is -2.15. The van der Waals surface area contributed by atoms with E-state index < -0.39 is 24.5 Å². The topological polar surface area (TPSA) is 76.7 Å². The number of benzene rings is 2. The van der Waals surface area contributed by atoms with E-state index in [0.29, 0.717) is 0 Å². The van der Waals surface area contributed by atoms with E-state index in [0.717, 1.165) is 5.56 Å². The summed E-state index contributed by atoms with van der Waals surface area (Å²) in [4.78, 5) is 24.2. The number of carbonyl (C=O) groups is 2. The zero-order valence-electron chi connectivity index (χ0n) is 15.3. The Hall–Kier alpha value is -3.42. The number of anilines is 1. The second-order valence-electron chi connectivity index (χ2n) is 5.71. The average Bonchev–Trinajstić information content (AvgIpc) is 2.67. The first kappa shape index (κ1) is 20.9. The van der Waals surface area contributed by atoms with Crippen LogP contribution in [0.1, 0.15) is 12.5 Å². The highest BCUT2D eigenvalue weighted by Gasteiger charge is 2.16. The van der Waals surface area contributed by atoms with Crippen LogP contribution in [0, 0.1) is 0 Å². The van der Waals surface area contributed by atoms with Gasteiger partial charge in [-0.15, -0.1) is 0 Å². The highest BCUT2D eigenvalue weighted by Crippen LogP contribution is 2.31. The molecule has 2 rings (SSSR count). The molecule has 0 radical (unpaired) electrons. The minimum atomic E-state index is -3.03. The van der Waals surface area contributed by atoms with E-state index in [9.17, 15) is 18.4 Å². The SMILES string of the molecule is COc1ccc(NC(=O)[C@@H](C)NC(=O)/C=C/c2ccccc2)cc1OC(F)F. The first-order chi connectivity index (χ1) is 13.4. The van der Waals surface area contributed by atoms with Crippen LogP contribution in [0.25, 0.3) is 6.08 Å². The smallest absolute Gasteiger partial charge is 0.387 e. The molecule has 2 N–H and O–H groups in total. The summed E-state index contributed by atoms with van der Waals surface area (Å²) in [5.74, 6) is -1.07. The lowest BCUT2D eigenvalue weighted by molar-refractivity contribution is -0.123. The van der Waals surface area contributed by atoms with E-state index in [1.165, 1.54) is 38.3 Å². The summed E-state index contributed by atoms with van der Waals surface area (Å²) in [7, 11) is 1.31. The molecule has 2 aromatic rings. The molecule has 0 saturated heterocycles. The number of hydrogen-bond donors (Lipinski definition) is 2. The Labute approximate surface area is 161 Å². The molecule has 0 aliphatic heterocycles. The van der Waals surface area contributed by atoms with E-state index in [1.807, 2.05) is 30.3 Å². The lowest BCUT2D eigenvalue weighted by atomic mass is 10.2. The van der Waals surface area contributed by atoms with E-state index in [1.54, 1.807) is 6.08 Å². The summed E-state index contributed by atoms with van der Waals surface area (Å²) in [6, 6.07) is 12.4. The van der Waals surface area contributed by atoms with Gasteiger partial charge in [0.2, 0.25) is 11.8 Å². The monoisotopic (exact) mass is 390 g/mol. The molecule has 0 saturated carbocycles. The summed E-state index contributed by atoms with van der Waals surface area (Å²) in [6.45, 7) is -1.53. The van der Waals surface area contributed by atoms with Gasteiger partial charge in [-0.2, -0.15) is 8.78 Å². The van der Waals surface area contributed by atoms with Gasteiger partial charge in [-0.25, -0.2) is 0 Å². The maximum atomic E-state index is 12.5. The quantitative estimate of drug-likeness (QED) is 0.677. The first-order valence-corrected chi connectivity index (χ1v) is 8.36. The molecule has 0 aliphatic rings. The van der Waals surface area contributed by atoms with Crippen LogP contribution < -0.4 is 20.1 Å². The standard InChI is InChI=1S/C20H20F2N2O4/c1-13(23-18(25)11-8-14-6-4-3-5-7-14)19(26)24-15-9-10-16(27-2)17(12-15)28-20(21)22/h3-13,20H,1-2H3,(H,23,25)(H,24,26)/b11-8+/t13-/m1/s1. The van der Waals surface area contributed by atoms with E-state index in [2.05, 4.69) is 15.4 Å². The van der Waals surface area contributed by atoms with Crippen molar-refractivity contribution >= 4 is 23.6 Å². The summed E-state index contributed by atoms with van der Waals surface area (Å²) in [5, 5.41) is 5.05. The predicted molar refractivity (Wildman–Crippen MR) is 101 cm³/mol. The van der Waals surface area contributed by atoms with E-state index >= 15 is 0 Å². The number of rotatable bonds is 8. The normalized spacial score (nSPS) is 11.9. The molecule has 0 aliphatic carbocycles. The Morgan fingerprint density at radius 3 is 2.43 bits per heavy atom. The van der Waals surface area contributed by atoms with Gasteiger partial charge >= 0.3 is 6.61 Å². The van der Waals surface area contributed by atoms with Crippen LogP contribution in [0.15, 0.2) is 54.6 Å². The van der Waals surface area contributed by atoms with Gasteiger partial charge in [0.15, 0.2) is 11.5 Å². The molecule has 2 amide bonds. The third-order valence-electron chi connectivity index (χ3n) is 3.63. The molecule has 0 aromatic heterocycles. The molecule has 2 aromatic carbocycles. The van der Waals surface area contributed by atoms with Crippen molar-refractivity contribution in [2.45, 2.75) is 19.6 Å². The van der Waals surface area contributed by atoms with Crippen LogP contribution in [0.2, 0.25) is 0 Å². The molecule has 148 valence electrons. The summed E-state index contributed by atoms with van der Waals surface area (Å²) >= 11 is 0. The van der Waals surface area contributed by atoms with Gasteiger partial charge in [0, 0.05) is 17.8 Å². The Balaban J connectivity index is 1.96. The molecule has 0 unspecified atom stereocenters. The maximum absolute atomic E-state index is 12.5. The number of alkyl halides is 2. The van der Waals surface area contributed by atoms with Gasteiger partial charge in [0.25, 0.3) is 0 Å². The fourth-order valence-corrected chi connectivity index (χ4v) is 2.26. The Kier molecular flexibility index (Phi) is 7.50. The van der Waals surface area contributed by atoms with Crippen molar-refractivity contribution in [3.05, 3.63) is 60.2 Å². The largest absolute Gasteiger partial charge is 0.493 e. The molecular formula is C20H20F2N2O4. The number of ether oxygens (including phenoxy) is 2. The summed E-state index contributed by atoms with van der Waals surface area (Å²) in [6.07, 6.45) is 2.94. The number of hydrogen-bond acceptors (Lipinski definition) is 4. The van der Waals surface area contributed by atoms with Gasteiger partial charge in [-0.3, -0.25) is 9.59 Å². The molecule has 6 nitrogen and oxygen atoms in total. The van der Waals surface area contributed by atoms with Gasteiger partial charge < -0.3 is 20.1 Å². The lowest BCUT2D eigenvalue weighted by Crippen LogP contribution is -2.40. The number of halogens is 2. The van der Waals surface area contributed by atoms with Crippen molar-refractivity contribution in [2.75, 3.05) is 12.4 Å². The Bertz CT molecular complexity index is 841. The van der Waals surface area contributed by atoms with Crippen molar-refractivity contribution in [3.63, 3.8) is 0 Å². The molecule has 1 atom stereocenters. The molecule has 0 fully saturated rings. The van der Waals surface area contributed by atoms with Crippen LogP contribution in [-0.4, -0.2) is 31.6 Å². The molecular weight excluding hydrogens is 370 g/mol. The minimum Gasteiger partial charge on any atom is -0.493 e. The molecule has 8 heteroatoms. The van der Waals surface area contributed by atoms with E-state index in [4.69, 9.17) is 4.74 Å².